The first kappa shape index (κ1) is 15.9. The van der Waals surface area contributed by atoms with Crippen LogP contribution in [0, 0.1) is 6.92 Å². The normalized spacial score (nSPS) is 17.0. The minimum absolute atomic E-state index is 0.227. The number of aliphatic hydroxyl groups is 1. The predicted octanol–water partition coefficient (Wildman–Crippen LogP) is 0.980. The van der Waals surface area contributed by atoms with Gasteiger partial charge in [-0.25, -0.2) is 0 Å². The van der Waals surface area contributed by atoms with Crippen molar-refractivity contribution >= 4 is 5.91 Å². The molecule has 0 spiro atoms. The summed E-state index contributed by atoms with van der Waals surface area (Å²) in [7, 11) is 0. The monoisotopic (exact) mass is 291 g/mol. The molecule has 0 unspecified atom stereocenters. The van der Waals surface area contributed by atoms with Crippen molar-refractivity contribution in [2.75, 3.05) is 26.2 Å². The lowest BCUT2D eigenvalue weighted by Crippen LogP contribution is -2.35. The van der Waals surface area contributed by atoms with Crippen LogP contribution in [0.3, 0.4) is 0 Å². The number of β-amino-alcohol motifs (C(OH)–C–C–N with tert-alkyl or cyclic N) is 1. The van der Waals surface area contributed by atoms with Gasteiger partial charge in [-0.2, -0.15) is 0 Å². The van der Waals surface area contributed by atoms with E-state index < -0.39 is 0 Å². The van der Waals surface area contributed by atoms with Gasteiger partial charge in [-0.3, -0.25) is 9.78 Å². The van der Waals surface area contributed by atoms with Gasteiger partial charge < -0.3 is 15.7 Å². The molecule has 1 aromatic rings. The topological polar surface area (TPSA) is 79.5 Å². The molecule has 1 aromatic heterocycles. The first-order chi connectivity index (χ1) is 10.1. The number of carbonyl (C=O) groups excluding carboxylic acids is 1. The molecule has 116 valence electrons. The lowest BCUT2D eigenvalue weighted by atomic mass is 9.91. The van der Waals surface area contributed by atoms with Crippen molar-refractivity contribution in [1.82, 2.24) is 9.88 Å². The molecule has 1 aliphatic rings. The van der Waals surface area contributed by atoms with Gasteiger partial charge in [-0.15, -0.1) is 0 Å². The lowest BCUT2D eigenvalue weighted by molar-refractivity contribution is -0.117. The van der Waals surface area contributed by atoms with E-state index in [1.807, 2.05) is 13.0 Å². The van der Waals surface area contributed by atoms with Gasteiger partial charge in [-0.05, 0) is 57.0 Å². The first-order valence-electron chi connectivity index (χ1n) is 7.67. The molecule has 1 fully saturated rings. The van der Waals surface area contributed by atoms with E-state index in [0.29, 0.717) is 18.8 Å². The number of pyridine rings is 1. The molecule has 1 amide bonds. The van der Waals surface area contributed by atoms with Crippen LogP contribution in [0.4, 0.5) is 0 Å². The van der Waals surface area contributed by atoms with Gasteiger partial charge in [0.15, 0.2) is 0 Å². The SMILES string of the molecule is Cc1cc(CCC(N)=O)cc(C2CCN(CCO)CC2)n1. The molecule has 0 saturated carbocycles. The summed E-state index contributed by atoms with van der Waals surface area (Å²) in [4.78, 5) is 17.9. The molecule has 1 aliphatic heterocycles. The highest BCUT2D eigenvalue weighted by Crippen LogP contribution is 2.27. The predicted molar refractivity (Wildman–Crippen MR) is 82.0 cm³/mol. The Labute approximate surface area is 126 Å². The smallest absolute Gasteiger partial charge is 0.217 e. The quantitative estimate of drug-likeness (QED) is 0.819. The van der Waals surface area contributed by atoms with Crippen LogP contribution in [0.5, 0.6) is 0 Å². The van der Waals surface area contributed by atoms with Gasteiger partial charge in [0, 0.05) is 30.3 Å². The third-order valence-electron chi connectivity index (χ3n) is 4.12. The average molecular weight is 291 g/mol. The molecular formula is C16H25N3O2. The number of carbonyl (C=O) groups is 1. The van der Waals surface area contributed by atoms with E-state index in [4.69, 9.17) is 10.8 Å². The molecule has 1 saturated heterocycles. The standard InChI is InChI=1S/C16H25N3O2/c1-12-10-13(2-3-16(17)21)11-15(18-12)14-4-6-19(7-5-14)8-9-20/h10-11,14,20H,2-9H2,1H3,(H2,17,21). The molecule has 0 radical (unpaired) electrons. The fraction of sp³-hybridized carbons (Fsp3) is 0.625. The summed E-state index contributed by atoms with van der Waals surface area (Å²) < 4.78 is 0. The van der Waals surface area contributed by atoms with Crippen LogP contribution in [-0.2, 0) is 11.2 Å². The zero-order chi connectivity index (χ0) is 15.2. The Morgan fingerprint density at radius 2 is 2.14 bits per heavy atom. The van der Waals surface area contributed by atoms with E-state index >= 15 is 0 Å². The summed E-state index contributed by atoms with van der Waals surface area (Å²) >= 11 is 0. The third kappa shape index (κ3) is 4.79. The summed E-state index contributed by atoms with van der Waals surface area (Å²) in [6, 6.07) is 4.16. The number of hydrogen-bond donors (Lipinski definition) is 2. The maximum atomic E-state index is 10.9. The fourth-order valence-electron chi connectivity index (χ4n) is 2.98. The van der Waals surface area contributed by atoms with Crippen molar-refractivity contribution in [3.63, 3.8) is 0 Å². The third-order valence-corrected chi connectivity index (χ3v) is 4.12. The molecule has 3 N–H and O–H groups in total. The van der Waals surface area contributed by atoms with Crippen LogP contribution in [0.1, 0.15) is 42.1 Å². The van der Waals surface area contributed by atoms with Gasteiger partial charge in [-0.1, -0.05) is 0 Å². The first-order valence-corrected chi connectivity index (χ1v) is 7.67. The van der Waals surface area contributed by atoms with Gasteiger partial charge in [0.2, 0.25) is 5.91 Å². The molecule has 0 aromatic carbocycles. The fourth-order valence-corrected chi connectivity index (χ4v) is 2.98. The Balaban J connectivity index is 2.01. The number of aliphatic hydroxyl groups excluding tert-OH is 1. The number of nitrogens with two attached hydrogens (primary N) is 1. The van der Waals surface area contributed by atoms with Crippen LogP contribution in [0.15, 0.2) is 12.1 Å². The maximum Gasteiger partial charge on any atom is 0.217 e. The van der Waals surface area contributed by atoms with Gasteiger partial charge in [0.05, 0.1) is 6.61 Å². The van der Waals surface area contributed by atoms with Gasteiger partial charge in [0.1, 0.15) is 0 Å². The van der Waals surface area contributed by atoms with Gasteiger partial charge >= 0.3 is 0 Å². The molecule has 5 heteroatoms. The second kappa shape index (κ2) is 7.52. The molecule has 0 atom stereocenters. The summed E-state index contributed by atoms with van der Waals surface area (Å²) in [5.41, 5.74) is 8.51. The highest BCUT2D eigenvalue weighted by atomic mass is 16.3. The summed E-state index contributed by atoms with van der Waals surface area (Å²) in [6.45, 7) is 5.01. The van der Waals surface area contributed by atoms with Crippen molar-refractivity contribution < 1.29 is 9.90 Å². The Kier molecular flexibility index (Phi) is 5.70. The van der Waals surface area contributed by atoms with E-state index in [1.54, 1.807) is 0 Å². The van der Waals surface area contributed by atoms with Crippen LogP contribution in [0.25, 0.3) is 0 Å². The van der Waals surface area contributed by atoms with Crippen LogP contribution in [-0.4, -0.2) is 47.1 Å². The van der Waals surface area contributed by atoms with Crippen molar-refractivity contribution in [2.24, 2.45) is 5.73 Å². The molecular weight excluding hydrogens is 266 g/mol. The molecule has 21 heavy (non-hydrogen) atoms. The summed E-state index contributed by atoms with van der Waals surface area (Å²) in [6.07, 6.45) is 3.23. The van der Waals surface area contributed by atoms with Crippen molar-refractivity contribution in [3.05, 3.63) is 29.1 Å². The second-order valence-corrected chi connectivity index (χ2v) is 5.85. The number of aryl methyl sites for hydroxylation is 2. The lowest BCUT2D eigenvalue weighted by Gasteiger charge is -2.31. The summed E-state index contributed by atoms with van der Waals surface area (Å²) in [5.74, 6) is 0.218. The number of amides is 1. The van der Waals surface area contributed by atoms with E-state index in [2.05, 4.69) is 16.0 Å². The van der Waals surface area contributed by atoms with Crippen molar-refractivity contribution in [3.8, 4) is 0 Å². The zero-order valence-corrected chi connectivity index (χ0v) is 12.7. The number of aromatic nitrogens is 1. The molecule has 2 heterocycles. The van der Waals surface area contributed by atoms with Crippen molar-refractivity contribution in [1.29, 1.82) is 0 Å². The van der Waals surface area contributed by atoms with E-state index in [9.17, 15) is 4.79 Å². The number of rotatable bonds is 6. The average Bonchev–Trinajstić information content (AvgIpc) is 2.46. The number of hydrogen-bond acceptors (Lipinski definition) is 4. The minimum atomic E-state index is -0.261. The van der Waals surface area contributed by atoms with Crippen molar-refractivity contribution in [2.45, 2.75) is 38.5 Å². The highest BCUT2D eigenvalue weighted by molar-refractivity contribution is 5.74. The van der Waals surface area contributed by atoms with Crippen LogP contribution >= 0.6 is 0 Å². The number of piperidine rings is 1. The Morgan fingerprint density at radius 3 is 2.76 bits per heavy atom. The number of likely N-dealkylation sites (tertiary alicyclic amines) is 1. The maximum absolute atomic E-state index is 10.9. The second-order valence-electron chi connectivity index (χ2n) is 5.85. The largest absolute Gasteiger partial charge is 0.395 e. The van der Waals surface area contributed by atoms with E-state index in [-0.39, 0.29) is 12.5 Å². The van der Waals surface area contributed by atoms with E-state index in [1.165, 1.54) is 0 Å². The van der Waals surface area contributed by atoms with Gasteiger partial charge in [0.25, 0.3) is 0 Å². The highest BCUT2D eigenvalue weighted by Gasteiger charge is 2.21. The molecule has 0 bridgehead atoms. The Morgan fingerprint density at radius 1 is 1.43 bits per heavy atom. The zero-order valence-electron chi connectivity index (χ0n) is 12.7. The van der Waals surface area contributed by atoms with E-state index in [0.717, 1.165) is 49.4 Å². The van der Waals surface area contributed by atoms with Crippen LogP contribution < -0.4 is 5.73 Å². The van der Waals surface area contributed by atoms with Crippen LogP contribution in [0.2, 0.25) is 0 Å². The number of nitrogens with zero attached hydrogens (tertiary/aromatic N) is 2. The molecule has 5 nitrogen and oxygen atoms in total. The Hall–Kier alpha value is -1.46. The summed E-state index contributed by atoms with van der Waals surface area (Å²) in [5, 5.41) is 8.99. The molecule has 0 aliphatic carbocycles. The minimum Gasteiger partial charge on any atom is -0.395 e. The Bertz CT molecular complexity index is 482. The molecule has 2 rings (SSSR count). The number of primary amides is 1.